The molecule has 4 aromatic rings. The topological polar surface area (TPSA) is 88.1 Å². The Hall–Kier alpha value is -3.15. The third-order valence-electron chi connectivity index (χ3n) is 5.80. The molecule has 1 aliphatic rings. The summed E-state index contributed by atoms with van der Waals surface area (Å²) in [4.78, 5) is 41.0. The number of benzene rings is 1. The Labute approximate surface area is 219 Å². The van der Waals surface area contributed by atoms with Gasteiger partial charge in [-0.2, -0.15) is 0 Å². The normalized spacial score (nSPS) is 14.2. The van der Waals surface area contributed by atoms with Crippen LogP contribution in [0.15, 0.2) is 59.6 Å². The lowest BCUT2D eigenvalue weighted by Crippen LogP contribution is -2.38. The highest BCUT2D eigenvalue weighted by Gasteiger charge is 2.28. The van der Waals surface area contributed by atoms with Crippen molar-refractivity contribution in [3.8, 4) is 0 Å². The van der Waals surface area contributed by atoms with Crippen molar-refractivity contribution in [2.24, 2.45) is 0 Å². The van der Waals surface area contributed by atoms with E-state index in [2.05, 4.69) is 26.8 Å². The summed E-state index contributed by atoms with van der Waals surface area (Å²) < 4.78 is 14.1. The molecule has 1 fully saturated rings. The molecule has 5 rings (SSSR count). The van der Waals surface area contributed by atoms with E-state index in [1.54, 1.807) is 29.8 Å². The van der Waals surface area contributed by atoms with E-state index in [9.17, 15) is 14.0 Å². The molecule has 0 aliphatic carbocycles. The minimum atomic E-state index is -0.342. The van der Waals surface area contributed by atoms with E-state index in [-0.39, 0.29) is 23.5 Å². The average molecular weight is 540 g/mol. The van der Waals surface area contributed by atoms with Crippen LogP contribution in [0.2, 0.25) is 0 Å². The van der Waals surface area contributed by atoms with Gasteiger partial charge in [0.15, 0.2) is 5.13 Å². The van der Waals surface area contributed by atoms with Crippen LogP contribution < -0.4 is 5.32 Å². The van der Waals surface area contributed by atoms with Crippen molar-refractivity contribution >= 4 is 61.6 Å². The van der Waals surface area contributed by atoms with Gasteiger partial charge in [-0.25, -0.2) is 19.3 Å². The van der Waals surface area contributed by atoms with E-state index >= 15 is 0 Å². The van der Waals surface area contributed by atoms with Crippen molar-refractivity contribution in [2.75, 3.05) is 24.2 Å². The summed E-state index contributed by atoms with van der Waals surface area (Å²) in [5.41, 5.74) is 1.58. The molecular formula is C25H22FN5O2S3. The number of carbonyl (C=O) groups is 2. The van der Waals surface area contributed by atoms with Gasteiger partial charge >= 0.3 is 0 Å². The minimum Gasteiger partial charge on any atom is -0.339 e. The minimum absolute atomic E-state index is 0.0111. The Morgan fingerprint density at radius 1 is 1.25 bits per heavy atom. The van der Waals surface area contributed by atoms with Gasteiger partial charge in [0.25, 0.3) is 11.8 Å². The lowest BCUT2D eigenvalue weighted by molar-refractivity contribution is 0.0708. The third-order valence-corrected chi connectivity index (χ3v) is 8.74. The number of halogens is 1. The Balaban J connectivity index is 1.20. The fourth-order valence-corrected chi connectivity index (χ4v) is 6.58. The summed E-state index contributed by atoms with van der Waals surface area (Å²) in [5.74, 6) is 0.188. The molecule has 0 bridgehead atoms. The summed E-state index contributed by atoms with van der Waals surface area (Å²) in [7, 11) is 0. The number of pyridine rings is 1. The van der Waals surface area contributed by atoms with Crippen LogP contribution in [0.1, 0.15) is 44.6 Å². The summed E-state index contributed by atoms with van der Waals surface area (Å²) >= 11 is 4.18. The molecule has 1 N–H and O–H groups in total. The quantitative estimate of drug-likeness (QED) is 0.235. The van der Waals surface area contributed by atoms with Crippen LogP contribution >= 0.6 is 34.4 Å². The Morgan fingerprint density at radius 3 is 2.89 bits per heavy atom. The molecule has 0 unspecified atom stereocenters. The van der Waals surface area contributed by atoms with Gasteiger partial charge in [0.05, 0.1) is 20.8 Å². The molecule has 0 saturated carbocycles. The number of aromatic nitrogens is 3. The fourth-order valence-electron chi connectivity index (χ4n) is 4.00. The van der Waals surface area contributed by atoms with Gasteiger partial charge in [0.1, 0.15) is 16.5 Å². The van der Waals surface area contributed by atoms with Gasteiger partial charge in [-0.05, 0) is 43.2 Å². The molecule has 0 atom stereocenters. The zero-order chi connectivity index (χ0) is 25.1. The molecule has 1 saturated heterocycles. The number of hydrogen-bond acceptors (Lipinski definition) is 8. The average Bonchev–Trinajstić information content (AvgIpc) is 3.54. The maximum atomic E-state index is 13.4. The van der Waals surface area contributed by atoms with E-state index in [1.807, 2.05) is 11.0 Å². The number of carbonyl (C=O) groups excluding carboxylic acids is 2. The second-order valence-corrected chi connectivity index (χ2v) is 11.1. The number of fused-ring (bicyclic) bond motifs is 1. The number of hydrogen-bond donors (Lipinski definition) is 1. The van der Waals surface area contributed by atoms with Crippen molar-refractivity contribution in [1.29, 1.82) is 0 Å². The molecule has 3 aromatic heterocycles. The van der Waals surface area contributed by atoms with E-state index in [4.69, 9.17) is 0 Å². The number of likely N-dealkylation sites (tertiary alicyclic amines) is 1. The van der Waals surface area contributed by atoms with E-state index < -0.39 is 0 Å². The predicted molar refractivity (Wildman–Crippen MR) is 143 cm³/mol. The lowest BCUT2D eigenvalue weighted by Gasteiger charge is -2.31. The van der Waals surface area contributed by atoms with Gasteiger partial charge in [-0.3, -0.25) is 14.9 Å². The Bertz CT molecular complexity index is 1430. The van der Waals surface area contributed by atoms with Gasteiger partial charge in [-0.15, -0.1) is 29.7 Å². The van der Waals surface area contributed by atoms with Crippen molar-refractivity contribution in [3.63, 3.8) is 0 Å². The van der Waals surface area contributed by atoms with Gasteiger partial charge in [0, 0.05) is 36.3 Å². The van der Waals surface area contributed by atoms with Gasteiger partial charge in [0.2, 0.25) is 0 Å². The van der Waals surface area contributed by atoms with Crippen molar-refractivity contribution < 1.29 is 14.0 Å². The van der Waals surface area contributed by atoms with E-state index in [0.29, 0.717) is 45.4 Å². The second-order valence-electron chi connectivity index (χ2n) is 8.18. The third kappa shape index (κ3) is 5.32. The first-order chi connectivity index (χ1) is 17.5. The molecule has 184 valence electrons. The van der Waals surface area contributed by atoms with Crippen LogP contribution in [-0.2, 0) is 0 Å². The van der Waals surface area contributed by atoms with Crippen LogP contribution in [0.4, 0.5) is 9.52 Å². The summed E-state index contributed by atoms with van der Waals surface area (Å²) in [5, 5.41) is 6.53. The van der Waals surface area contributed by atoms with E-state index in [0.717, 1.165) is 22.9 Å². The molecule has 11 heteroatoms. The highest BCUT2D eigenvalue weighted by molar-refractivity contribution is 7.99. The first-order valence-electron chi connectivity index (χ1n) is 11.3. The molecule has 0 spiro atoms. The number of amides is 2. The highest BCUT2D eigenvalue weighted by atomic mass is 32.2. The molecule has 2 amide bonds. The molecule has 36 heavy (non-hydrogen) atoms. The molecular weight excluding hydrogens is 518 g/mol. The number of anilines is 1. The first kappa shape index (κ1) is 24.5. The van der Waals surface area contributed by atoms with Crippen LogP contribution in [0.3, 0.4) is 0 Å². The summed E-state index contributed by atoms with van der Waals surface area (Å²) in [6.45, 7) is 4.97. The largest absolute Gasteiger partial charge is 0.339 e. The number of nitrogens with one attached hydrogen (secondary N) is 1. The van der Waals surface area contributed by atoms with Crippen molar-refractivity contribution in [3.05, 3.63) is 76.6 Å². The number of piperidine rings is 1. The number of rotatable bonds is 7. The van der Waals surface area contributed by atoms with Crippen molar-refractivity contribution in [2.45, 2.75) is 23.8 Å². The van der Waals surface area contributed by atoms with Gasteiger partial charge < -0.3 is 4.90 Å². The maximum absolute atomic E-state index is 13.4. The SMILES string of the molecule is C=CCSc1ncccc1C(=O)N1CCC(c2nc(C(=O)Nc3nc4ccc(F)cc4s3)cs2)CC1. The zero-order valence-electron chi connectivity index (χ0n) is 19.1. The first-order valence-corrected chi connectivity index (χ1v) is 14.0. The zero-order valence-corrected chi connectivity index (χ0v) is 21.6. The maximum Gasteiger partial charge on any atom is 0.276 e. The monoisotopic (exact) mass is 539 g/mol. The summed E-state index contributed by atoms with van der Waals surface area (Å²) in [6, 6.07) is 7.93. The smallest absolute Gasteiger partial charge is 0.276 e. The van der Waals surface area contributed by atoms with Crippen LogP contribution in [-0.4, -0.2) is 50.5 Å². The van der Waals surface area contributed by atoms with E-state index in [1.165, 1.54) is 46.6 Å². The Kier molecular flexibility index (Phi) is 7.40. The highest BCUT2D eigenvalue weighted by Crippen LogP contribution is 2.32. The molecule has 4 heterocycles. The molecule has 0 radical (unpaired) electrons. The predicted octanol–water partition coefficient (Wildman–Crippen LogP) is 5.84. The molecule has 1 aliphatic heterocycles. The van der Waals surface area contributed by atoms with Crippen molar-refractivity contribution in [1.82, 2.24) is 19.9 Å². The Morgan fingerprint density at radius 2 is 2.08 bits per heavy atom. The van der Waals surface area contributed by atoms with Crippen LogP contribution in [0.25, 0.3) is 10.2 Å². The number of thioether (sulfide) groups is 1. The number of nitrogens with zero attached hydrogens (tertiary/aromatic N) is 4. The second kappa shape index (κ2) is 10.9. The number of thiazole rings is 2. The lowest BCUT2D eigenvalue weighted by atomic mass is 9.97. The van der Waals surface area contributed by atoms with Gasteiger partial charge in [-0.1, -0.05) is 17.4 Å². The summed E-state index contributed by atoms with van der Waals surface area (Å²) in [6.07, 6.45) is 5.04. The standard InChI is InChI=1S/C25H22FN5O2S3/c1-2-12-34-23-17(4-3-9-27-23)24(33)31-10-7-15(8-11-31)22-28-19(14-35-22)21(32)30-25-29-18-6-5-16(26)13-20(18)36-25/h2-6,9,13-15H,1,7-8,10-12H2,(H,29,30,32). The van der Waals surface area contributed by atoms with Crippen LogP contribution in [0, 0.1) is 5.82 Å². The van der Waals surface area contributed by atoms with Crippen LogP contribution in [0.5, 0.6) is 0 Å². The molecule has 1 aromatic carbocycles. The fraction of sp³-hybridized carbons (Fsp3) is 0.240. The molecule has 7 nitrogen and oxygen atoms in total.